The van der Waals surface area contributed by atoms with Crippen LogP contribution in [-0.2, 0) is 11.3 Å². The summed E-state index contributed by atoms with van der Waals surface area (Å²) in [5.41, 5.74) is 9.12. The molecule has 1 aromatic carbocycles. The molecule has 0 aromatic heterocycles. The highest BCUT2D eigenvalue weighted by Gasteiger charge is 2.01. The minimum Gasteiger partial charge on any atom is -0.399 e. The first-order valence-corrected chi connectivity index (χ1v) is 5.66. The molecule has 0 atom stereocenters. The molecule has 90 valence electrons. The number of anilines is 1. The third kappa shape index (κ3) is 4.21. The summed E-state index contributed by atoms with van der Waals surface area (Å²) in [7, 11) is 3.87. The fourth-order valence-electron chi connectivity index (χ4n) is 1.71. The van der Waals surface area contributed by atoms with E-state index in [1.165, 1.54) is 5.56 Å². The number of rotatable bonds is 6. The standard InChI is InChI=1S/C13H22N2O/c1-11-9-12(5-6-13(11)14)10-15(2)7-4-8-16-3/h5-6,9H,4,7-8,10,14H2,1-3H3. The maximum atomic E-state index is 5.79. The van der Waals surface area contributed by atoms with E-state index in [0.717, 1.165) is 37.4 Å². The van der Waals surface area contributed by atoms with E-state index in [4.69, 9.17) is 10.5 Å². The Bertz CT molecular complexity index is 326. The molecule has 0 fully saturated rings. The molecule has 16 heavy (non-hydrogen) atoms. The van der Waals surface area contributed by atoms with E-state index in [9.17, 15) is 0 Å². The van der Waals surface area contributed by atoms with Crippen molar-refractivity contribution < 1.29 is 4.74 Å². The minimum atomic E-state index is 0.825. The van der Waals surface area contributed by atoms with Crippen molar-refractivity contribution in [3.8, 4) is 0 Å². The van der Waals surface area contributed by atoms with E-state index in [2.05, 4.69) is 24.1 Å². The highest BCUT2D eigenvalue weighted by molar-refractivity contribution is 5.47. The SMILES string of the molecule is COCCCN(C)Cc1ccc(N)c(C)c1. The summed E-state index contributed by atoms with van der Waals surface area (Å²) in [6.07, 6.45) is 1.07. The van der Waals surface area contributed by atoms with Gasteiger partial charge in [0, 0.05) is 32.5 Å². The zero-order valence-electron chi connectivity index (χ0n) is 10.5. The lowest BCUT2D eigenvalue weighted by atomic mass is 10.1. The number of ether oxygens (including phenoxy) is 1. The molecule has 0 aliphatic carbocycles. The topological polar surface area (TPSA) is 38.5 Å². The number of hydrogen-bond donors (Lipinski definition) is 1. The average molecular weight is 222 g/mol. The Labute approximate surface area is 98.2 Å². The zero-order valence-corrected chi connectivity index (χ0v) is 10.5. The van der Waals surface area contributed by atoms with Crippen LogP contribution in [0.1, 0.15) is 17.5 Å². The van der Waals surface area contributed by atoms with Gasteiger partial charge in [0.1, 0.15) is 0 Å². The molecular formula is C13H22N2O. The fraction of sp³-hybridized carbons (Fsp3) is 0.538. The van der Waals surface area contributed by atoms with Crippen molar-refractivity contribution in [1.29, 1.82) is 0 Å². The van der Waals surface area contributed by atoms with Crippen molar-refractivity contribution in [3.63, 3.8) is 0 Å². The quantitative estimate of drug-likeness (QED) is 0.591. The number of hydrogen-bond acceptors (Lipinski definition) is 3. The molecule has 0 aliphatic heterocycles. The molecule has 0 spiro atoms. The van der Waals surface area contributed by atoms with Crippen LogP contribution in [0.3, 0.4) is 0 Å². The molecule has 0 radical (unpaired) electrons. The lowest BCUT2D eigenvalue weighted by Gasteiger charge is -2.17. The van der Waals surface area contributed by atoms with E-state index in [-0.39, 0.29) is 0 Å². The van der Waals surface area contributed by atoms with Crippen LogP contribution in [0.5, 0.6) is 0 Å². The maximum Gasteiger partial charge on any atom is 0.0474 e. The zero-order chi connectivity index (χ0) is 12.0. The molecule has 1 aromatic rings. The van der Waals surface area contributed by atoms with Gasteiger partial charge in [0.25, 0.3) is 0 Å². The largest absolute Gasteiger partial charge is 0.399 e. The van der Waals surface area contributed by atoms with Gasteiger partial charge in [0.05, 0.1) is 0 Å². The third-order valence-corrected chi connectivity index (χ3v) is 2.67. The number of aryl methyl sites for hydroxylation is 1. The molecule has 0 bridgehead atoms. The fourth-order valence-corrected chi connectivity index (χ4v) is 1.71. The molecule has 0 saturated heterocycles. The second kappa shape index (κ2) is 6.51. The average Bonchev–Trinajstić information content (AvgIpc) is 2.24. The summed E-state index contributed by atoms with van der Waals surface area (Å²) in [6.45, 7) is 4.89. The highest BCUT2D eigenvalue weighted by atomic mass is 16.5. The van der Waals surface area contributed by atoms with Crippen molar-refractivity contribution in [2.45, 2.75) is 19.9 Å². The van der Waals surface area contributed by atoms with Gasteiger partial charge in [-0.05, 0) is 37.6 Å². The summed E-state index contributed by atoms with van der Waals surface area (Å²) in [4.78, 5) is 2.30. The lowest BCUT2D eigenvalue weighted by Crippen LogP contribution is -2.20. The van der Waals surface area contributed by atoms with Gasteiger partial charge in [0.2, 0.25) is 0 Å². The molecule has 3 nitrogen and oxygen atoms in total. The van der Waals surface area contributed by atoms with Crippen LogP contribution in [0.2, 0.25) is 0 Å². The van der Waals surface area contributed by atoms with Gasteiger partial charge in [-0.1, -0.05) is 12.1 Å². The van der Waals surface area contributed by atoms with Gasteiger partial charge in [0.15, 0.2) is 0 Å². The van der Waals surface area contributed by atoms with Crippen LogP contribution in [-0.4, -0.2) is 32.2 Å². The molecule has 0 unspecified atom stereocenters. The molecule has 0 aliphatic rings. The molecular weight excluding hydrogens is 200 g/mol. The van der Waals surface area contributed by atoms with E-state index in [1.807, 2.05) is 13.0 Å². The van der Waals surface area contributed by atoms with Gasteiger partial charge < -0.3 is 15.4 Å². The predicted molar refractivity (Wildman–Crippen MR) is 68.4 cm³/mol. The number of nitrogens with zero attached hydrogens (tertiary/aromatic N) is 1. The Hall–Kier alpha value is -1.06. The molecule has 0 heterocycles. The Morgan fingerprint density at radius 3 is 2.75 bits per heavy atom. The Morgan fingerprint density at radius 1 is 1.38 bits per heavy atom. The van der Waals surface area contributed by atoms with Crippen LogP contribution >= 0.6 is 0 Å². The third-order valence-electron chi connectivity index (χ3n) is 2.67. The van der Waals surface area contributed by atoms with Crippen LogP contribution in [0, 0.1) is 6.92 Å². The second-order valence-corrected chi connectivity index (χ2v) is 4.28. The Morgan fingerprint density at radius 2 is 2.12 bits per heavy atom. The number of benzene rings is 1. The summed E-state index contributed by atoms with van der Waals surface area (Å²) in [5.74, 6) is 0. The molecule has 1 rings (SSSR count). The van der Waals surface area contributed by atoms with E-state index in [1.54, 1.807) is 7.11 Å². The number of methoxy groups -OCH3 is 1. The van der Waals surface area contributed by atoms with Crippen molar-refractivity contribution in [1.82, 2.24) is 4.90 Å². The normalized spacial score (nSPS) is 11.0. The predicted octanol–water partition coefficient (Wildman–Crippen LogP) is 2.05. The molecule has 0 amide bonds. The van der Waals surface area contributed by atoms with E-state index >= 15 is 0 Å². The van der Waals surface area contributed by atoms with Crippen molar-refractivity contribution in [2.75, 3.05) is 33.0 Å². The van der Waals surface area contributed by atoms with Crippen LogP contribution < -0.4 is 5.73 Å². The second-order valence-electron chi connectivity index (χ2n) is 4.28. The van der Waals surface area contributed by atoms with Gasteiger partial charge >= 0.3 is 0 Å². The smallest absolute Gasteiger partial charge is 0.0474 e. The van der Waals surface area contributed by atoms with Crippen LogP contribution in [0.25, 0.3) is 0 Å². The number of nitrogen functional groups attached to an aromatic ring is 1. The molecule has 0 saturated carbocycles. The molecule has 3 heteroatoms. The van der Waals surface area contributed by atoms with Crippen molar-refractivity contribution in [3.05, 3.63) is 29.3 Å². The van der Waals surface area contributed by atoms with Crippen LogP contribution in [0.4, 0.5) is 5.69 Å². The summed E-state index contributed by atoms with van der Waals surface area (Å²) in [6, 6.07) is 6.23. The van der Waals surface area contributed by atoms with Crippen molar-refractivity contribution >= 4 is 5.69 Å². The Balaban J connectivity index is 2.43. The first-order valence-electron chi connectivity index (χ1n) is 5.66. The number of nitrogens with two attached hydrogens (primary N) is 1. The summed E-state index contributed by atoms with van der Waals surface area (Å²) >= 11 is 0. The highest BCUT2D eigenvalue weighted by Crippen LogP contribution is 2.13. The Kier molecular flexibility index (Phi) is 5.29. The minimum absolute atomic E-state index is 0.825. The van der Waals surface area contributed by atoms with E-state index < -0.39 is 0 Å². The lowest BCUT2D eigenvalue weighted by molar-refractivity contribution is 0.178. The first kappa shape index (κ1) is 13.0. The molecule has 2 N–H and O–H groups in total. The van der Waals surface area contributed by atoms with Crippen molar-refractivity contribution in [2.24, 2.45) is 0 Å². The van der Waals surface area contributed by atoms with Gasteiger partial charge in [-0.3, -0.25) is 0 Å². The van der Waals surface area contributed by atoms with Crippen LogP contribution in [0.15, 0.2) is 18.2 Å². The van der Waals surface area contributed by atoms with Gasteiger partial charge in [-0.25, -0.2) is 0 Å². The van der Waals surface area contributed by atoms with Gasteiger partial charge in [-0.15, -0.1) is 0 Å². The first-order chi connectivity index (χ1) is 7.63. The summed E-state index contributed by atoms with van der Waals surface area (Å²) in [5, 5.41) is 0. The maximum absolute atomic E-state index is 5.79. The van der Waals surface area contributed by atoms with E-state index in [0.29, 0.717) is 0 Å². The monoisotopic (exact) mass is 222 g/mol. The van der Waals surface area contributed by atoms with Gasteiger partial charge in [-0.2, -0.15) is 0 Å². The summed E-state index contributed by atoms with van der Waals surface area (Å²) < 4.78 is 5.03.